The lowest BCUT2D eigenvalue weighted by Gasteiger charge is -2.20. The first-order valence-corrected chi connectivity index (χ1v) is 13.2. The molecule has 37 heavy (non-hydrogen) atoms. The topological polar surface area (TPSA) is 56.6 Å². The largest absolute Gasteiger partial charge is 0.494 e. The number of carbonyl (C=O) groups excluding carboxylic acids is 1. The predicted molar refractivity (Wildman–Crippen MR) is 148 cm³/mol. The normalized spacial score (nSPS) is 15.5. The van der Waals surface area contributed by atoms with E-state index >= 15 is 0 Å². The number of imidazole rings is 1. The number of ether oxygens (including phenoxy) is 2. The van der Waals surface area contributed by atoms with Crippen LogP contribution in [-0.4, -0.2) is 35.2 Å². The van der Waals surface area contributed by atoms with Crippen LogP contribution in [0.1, 0.15) is 49.1 Å². The number of nitrogens with zero attached hydrogens (tertiary/aromatic N) is 3. The van der Waals surface area contributed by atoms with Gasteiger partial charge in [0.1, 0.15) is 17.3 Å². The van der Waals surface area contributed by atoms with Gasteiger partial charge in [0, 0.05) is 25.4 Å². The number of rotatable bonds is 10. The molecule has 0 aliphatic carbocycles. The molecule has 1 saturated heterocycles. The van der Waals surface area contributed by atoms with Gasteiger partial charge in [0.2, 0.25) is 5.91 Å². The Morgan fingerprint density at radius 1 is 0.946 bits per heavy atom. The Balaban J connectivity index is 1.30. The van der Waals surface area contributed by atoms with Crippen molar-refractivity contribution in [3.63, 3.8) is 0 Å². The molecule has 0 radical (unpaired) electrons. The van der Waals surface area contributed by atoms with E-state index in [-0.39, 0.29) is 11.8 Å². The van der Waals surface area contributed by atoms with E-state index in [1.165, 1.54) is 11.1 Å². The minimum atomic E-state index is 0.0290. The first-order valence-electron chi connectivity index (χ1n) is 13.2. The Labute approximate surface area is 218 Å². The molecule has 0 spiro atoms. The van der Waals surface area contributed by atoms with Gasteiger partial charge in [0.25, 0.3) is 0 Å². The fourth-order valence-electron chi connectivity index (χ4n) is 5.08. The third kappa shape index (κ3) is 5.33. The minimum absolute atomic E-state index is 0.0290. The first kappa shape index (κ1) is 24.9. The summed E-state index contributed by atoms with van der Waals surface area (Å²) >= 11 is 0. The van der Waals surface area contributed by atoms with Crippen molar-refractivity contribution in [1.82, 2.24) is 9.55 Å². The maximum absolute atomic E-state index is 13.1. The van der Waals surface area contributed by atoms with Crippen LogP contribution in [0.15, 0.2) is 66.7 Å². The van der Waals surface area contributed by atoms with E-state index in [1.54, 1.807) is 0 Å². The lowest BCUT2D eigenvalue weighted by Crippen LogP contribution is -2.25. The van der Waals surface area contributed by atoms with Gasteiger partial charge >= 0.3 is 0 Å². The zero-order chi connectivity index (χ0) is 25.8. The number of para-hydroxylation sites is 4. The summed E-state index contributed by atoms with van der Waals surface area (Å²) < 4.78 is 14.1. The molecule has 192 valence electrons. The number of carbonyl (C=O) groups is 1. The van der Waals surface area contributed by atoms with Crippen molar-refractivity contribution in [2.75, 3.05) is 24.7 Å². The van der Waals surface area contributed by atoms with Crippen molar-refractivity contribution in [2.45, 2.75) is 52.5 Å². The molecular formula is C31H35N3O3. The van der Waals surface area contributed by atoms with Crippen LogP contribution in [0.4, 0.5) is 5.69 Å². The van der Waals surface area contributed by atoms with Crippen molar-refractivity contribution in [1.29, 1.82) is 0 Å². The monoisotopic (exact) mass is 497 g/mol. The summed E-state index contributed by atoms with van der Waals surface area (Å²) in [6.07, 6.45) is 2.35. The molecule has 1 fully saturated rings. The van der Waals surface area contributed by atoms with Gasteiger partial charge in [0.15, 0.2) is 0 Å². The number of aromatic nitrogens is 2. The Kier molecular flexibility index (Phi) is 7.45. The molecule has 1 aliphatic heterocycles. The number of benzene rings is 3. The second kappa shape index (κ2) is 11.1. The molecule has 0 saturated carbocycles. The molecule has 0 bridgehead atoms. The highest BCUT2D eigenvalue weighted by Crippen LogP contribution is 2.37. The number of amides is 1. The zero-order valence-corrected chi connectivity index (χ0v) is 21.9. The second-order valence-electron chi connectivity index (χ2n) is 9.72. The average molecular weight is 498 g/mol. The highest BCUT2D eigenvalue weighted by atomic mass is 16.5. The highest BCUT2D eigenvalue weighted by molar-refractivity contribution is 5.97. The van der Waals surface area contributed by atoms with Gasteiger partial charge in [-0.15, -0.1) is 0 Å². The third-order valence-electron chi connectivity index (χ3n) is 7.15. The molecular weight excluding hydrogens is 462 g/mol. The van der Waals surface area contributed by atoms with Crippen LogP contribution in [0.25, 0.3) is 11.0 Å². The Morgan fingerprint density at radius 3 is 2.59 bits per heavy atom. The summed E-state index contributed by atoms with van der Waals surface area (Å²) in [5.74, 6) is 2.80. The highest BCUT2D eigenvalue weighted by Gasteiger charge is 2.35. The molecule has 1 atom stereocenters. The van der Waals surface area contributed by atoms with E-state index < -0.39 is 0 Å². The molecule has 1 amide bonds. The zero-order valence-electron chi connectivity index (χ0n) is 21.9. The smallest absolute Gasteiger partial charge is 0.227 e. The standard InChI is InChI=1S/C31H35N3O3/c1-4-36-29-14-8-7-13-28(29)34-21-24(20-30(34)35)31-32-26-11-5-6-12-27(26)33(31)17-9-10-18-37-25-16-15-22(2)23(3)19-25/h5-8,11-16,19,24H,4,9-10,17-18,20-21H2,1-3H3. The maximum Gasteiger partial charge on any atom is 0.227 e. The van der Waals surface area contributed by atoms with E-state index in [9.17, 15) is 4.79 Å². The van der Waals surface area contributed by atoms with Crippen molar-refractivity contribution in [3.8, 4) is 11.5 Å². The fraction of sp³-hybridized carbons (Fsp3) is 0.355. The van der Waals surface area contributed by atoms with Crippen LogP contribution >= 0.6 is 0 Å². The van der Waals surface area contributed by atoms with Gasteiger partial charge in [0.05, 0.1) is 29.9 Å². The summed E-state index contributed by atoms with van der Waals surface area (Å²) in [7, 11) is 0. The lowest BCUT2D eigenvalue weighted by molar-refractivity contribution is -0.117. The summed E-state index contributed by atoms with van der Waals surface area (Å²) in [5.41, 5.74) is 5.45. The molecule has 3 aromatic carbocycles. The van der Waals surface area contributed by atoms with E-state index in [0.717, 1.165) is 53.4 Å². The van der Waals surface area contributed by atoms with E-state index in [4.69, 9.17) is 14.5 Å². The quantitative estimate of drug-likeness (QED) is 0.237. The molecule has 6 heteroatoms. The van der Waals surface area contributed by atoms with Crippen molar-refractivity contribution in [3.05, 3.63) is 83.7 Å². The minimum Gasteiger partial charge on any atom is -0.494 e. The number of hydrogen-bond acceptors (Lipinski definition) is 4. The van der Waals surface area contributed by atoms with Crippen molar-refractivity contribution >= 4 is 22.6 Å². The molecule has 2 heterocycles. The number of unbranched alkanes of at least 4 members (excludes halogenated alkanes) is 1. The summed E-state index contributed by atoms with van der Waals surface area (Å²) in [6.45, 7) is 8.86. The van der Waals surface area contributed by atoms with Crippen molar-refractivity contribution < 1.29 is 14.3 Å². The SMILES string of the molecule is CCOc1ccccc1N1CC(c2nc3ccccc3n2CCCCOc2ccc(C)c(C)c2)CC1=O. The summed E-state index contributed by atoms with van der Waals surface area (Å²) in [6, 6.07) is 22.3. The molecule has 1 aliphatic rings. The third-order valence-corrected chi connectivity index (χ3v) is 7.15. The Morgan fingerprint density at radius 2 is 1.76 bits per heavy atom. The molecule has 4 aromatic rings. The predicted octanol–water partition coefficient (Wildman–Crippen LogP) is 6.43. The van der Waals surface area contributed by atoms with Gasteiger partial charge in [-0.3, -0.25) is 4.79 Å². The maximum atomic E-state index is 13.1. The lowest BCUT2D eigenvalue weighted by atomic mass is 10.1. The van der Waals surface area contributed by atoms with E-state index in [2.05, 4.69) is 48.7 Å². The first-order chi connectivity index (χ1) is 18.0. The molecule has 0 N–H and O–H groups in total. The number of anilines is 1. The molecule has 1 aromatic heterocycles. The van der Waals surface area contributed by atoms with Gasteiger partial charge in [-0.2, -0.15) is 0 Å². The fourth-order valence-corrected chi connectivity index (χ4v) is 5.08. The van der Waals surface area contributed by atoms with Crippen LogP contribution in [0.5, 0.6) is 11.5 Å². The average Bonchev–Trinajstić information content (AvgIpc) is 3.47. The number of aryl methyl sites for hydroxylation is 3. The van der Waals surface area contributed by atoms with Crippen LogP contribution in [0.3, 0.4) is 0 Å². The summed E-state index contributed by atoms with van der Waals surface area (Å²) in [4.78, 5) is 20.0. The second-order valence-corrected chi connectivity index (χ2v) is 9.72. The van der Waals surface area contributed by atoms with Gasteiger partial charge in [-0.25, -0.2) is 4.98 Å². The van der Waals surface area contributed by atoms with E-state index in [0.29, 0.717) is 26.2 Å². The number of hydrogen-bond donors (Lipinski definition) is 0. The summed E-state index contributed by atoms with van der Waals surface area (Å²) in [5, 5.41) is 0. The molecule has 5 rings (SSSR count). The van der Waals surface area contributed by atoms with Crippen LogP contribution < -0.4 is 14.4 Å². The number of fused-ring (bicyclic) bond motifs is 1. The van der Waals surface area contributed by atoms with Crippen molar-refractivity contribution in [2.24, 2.45) is 0 Å². The van der Waals surface area contributed by atoms with Crippen LogP contribution in [0.2, 0.25) is 0 Å². The van der Waals surface area contributed by atoms with Gasteiger partial charge in [-0.05, 0) is 81.1 Å². The Hall–Kier alpha value is -3.80. The molecule has 6 nitrogen and oxygen atoms in total. The Bertz CT molecular complexity index is 1390. The van der Waals surface area contributed by atoms with Gasteiger partial charge < -0.3 is 18.9 Å². The molecule has 1 unspecified atom stereocenters. The van der Waals surface area contributed by atoms with E-state index in [1.807, 2.05) is 48.2 Å². The van der Waals surface area contributed by atoms with Crippen LogP contribution in [0, 0.1) is 13.8 Å². The van der Waals surface area contributed by atoms with Crippen LogP contribution in [-0.2, 0) is 11.3 Å². The van der Waals surface area contributed by atoms with Gasteiger partial charge in [-0.1, -0.05) is 30.3 Å².